The molecule has 66 heavy (non-hydrogen) atoms. The number of aliphatic hydroxyl groups is 1. The second-order valence-corrected chi connectivity index (χ2v) is 19.9. The van der Waals surface area contributed by atoms with Gasteiger partial charge in [0.1, 0.15) is 0 Å². The Kier molecular flexibility index (Phi) is 94.3. The maximum absolute atomic E-state index is 7.00. The molecular formula is C61H130N3OTi. The van der Waals surface area contributed by atoms with E-state index in [0.29, 0.717) is 0 Å². The summed E-state index contributed by atoms with van der Waals surface area (Å²) in [6.07, 6.45) is 67.6. The van der Waals surface area contributed by atoms with Gasteiger partial charge in [-0.15, -0.1) is 39.3 Å². The fourth-order valence-electron chi connectivity index (χ4n) is 8.48. The zero-order valence-electron chi connectivity index (χ0n) is 47.5. The molecule has 1 N–H and O–H groups in total. The third-order valence-electron chi connectivity index (χ3n) is 13.0. The zero-order chi connectivity index (χ0) is 48.3. The summed E-state index contributed by atoms with van der Waals surface area (Å²) < 4.78 is 0. The fourth-order valence-corrected chi connectivity index (χ4v) is 8.48. The molecule has 0 fully saturated rings. The molecule has 0 aliphatic rings. The Morgan fingerprint density at radius 1 is 0.167 bits per heavy atom. The van der Waals surface area contributed by atoms with Crippen LogP contribution in [-0.4, -0.2) is 51.5 Å². The monoisotopic (exact) mass is 969 g/mol. The van der Waals surface area contributed by atoms with Gasteiger partial charge in [0.2, 0.25) is 0 Å². The van der Waals surface area contributed by atoms with E-state index in [1.54, 1.807) is 0 Å². The van der Waals surface area contributed by atoms with Gasteiger partial charge < -0.3 is 21.1 Å². The average Bonchev–Trinajstić information content (AvgIpc) is 3.33. The van der Waals surface area contributed by atoms with Crippen molar-refractivity contribution in [3.05, 3.63) is 16.0 Å². The Balaban J connectivity index is -0.000000274. The van der Waals surface area contributed by atoms with E-state index < -0.39 is 0 Å². The summed E-state index contributed by atoms with van der Waals surface area (Å²) >= 11 is 0. The maximum Gasteiger partial charge on any atom is 3.00 e. The van der Waals surface area contributed by atoms with E-state index in [2.05, 4.69) is 57.5 Å². The molecule has 0 bridgehead atoms. The summed E-state index contributed by atoms with van der Waals surface area (Å²) in [5.74, 6) is 0. The molecule has 4 nitrogen and oxygen atoms in total. The molecule has 0 aliphatic heterocycles. The molecule has 0 aliphatic carbocycles. The predicted octanol–water partition coefficient (Wildman–Crippen LogP) is 22.5. The summed E-state index contributed by atoms with van der Waals surface area (Å²) in [5, 5.41) is 21.0. The van der Waals surface area contributed by atoms with Gasteiger partial charge >= 0.3 is 21.7 Å². The van der Waals surface area contributed by atoms with Crippen LogP contribution in [0.15, 0.2) is 0 Å². The summed E-state index contributed by atoms with van der Waals surface area (Å²) in [6, 6.07) is 0. The minimum absolute atomic E-state index is 0. The Hall–Kier alpha value is 0.554. The van der Waals surface area contributed by atoms with Crippen LogP contribution in [0.3, 0.4) is 0 Å². The van der Waals surface area contributed by atoms with Gasteiger partial charge in [0, 0.05) is 7.11 Å². The summed E-state index contributed by atoms with van der Waals surface area (Å²) in [5.41, 5.74) is 0. The molecule has 0 aromatic rings. The van der Waals surface area contributed by atoms with Crippen LogP contribution in [0.1, 0.15) is 350 Å². The van der Waals surface area contributed by atoms with Gasteiger partial charge in [0.25, 0.3) is 0 Å². The van der Waals surface area contributed by atoms with Crippen LogP contribution in [0.2, 0.25) is 0 Å². The number of hydrogen-bond donors (Lipinski definition) is 1. The van der Waals surface area contributed by atoms with Gasteiger partial charge in [-0.05, 0) is 0 Å². The van der Waals surface area contributed by atoms with Crippen molar-refractivity contribution in [1.82, 2.24) is 0 Å². The van der Waals surface area contributed by atoms with Crippen molar-refractivity contribution in [3.8, 4) is 0 Å². The SMILES string of the molecule is CCCCCCCCCC[N-]CCCCCCCCCC.CCCCCCCCCC[N-]CCCCCCCCCC.CCCCCCCCCC[N-]CCCCCCCCCC.CO.[Ti+3]. The van der Waals surface area contributed by atoms with Crippen LogP contribution >= 0.6 is 0 Å². The first-order chi connectivity index (χ1) is 32.2. The second kappa shape index (κ2) is 82.5. The molecule has 0 saturated heterocycles. The Morgan fingerprint density at radius 3 is 0.364 bits per heavy atom. The molecule has 0 saturated carbocycles. The van der Waals surface area contributed by atoms with E-state index in [0.717, 1.165) is 46.4 Å². The van der Waals surface area contributed by atoms with Gasteiger partial charge in [0.15, 0.2) is 0 Å². The minimum atomic E-state index is 0. The number of unbranched alkanes of at least 4 members (excludes halogenated alkanes) is 42. The molecule has 0 rings (SSSR count). The standard InChI is InChI=1S/3C20H42N.CH4O.Ti/c3*1-3-5-7-9-11-13-15-17-19-21-20-18-16-14-12-10-8-6-4-2;1-2;/h3*3-20H2,1-2H3;2H,1H3;/q3*-1;;+3. The number of nitrogens with zero attached hydrogens (tertiary/aromatic N) is 3. The molecular weight excluding hydrogens is 839 g/mol. The predicted molar refractivity (Wildman–Crippen MR) is 303 cm³/mol. The molecule has 0 heterocycles. The van der Waals surface area contributed by atoms with Crippen molar-refractivity contribution in [3.63, 3.8) is 0 Å². The fraction of sp³-hybridized carbons (Fsp3) is 1.00. The van der Waals surface area contributed by atoms with E-state index in [4.69, 9.17) is 5.11 Å². The number of aliphatic hydroxyl groups excluding tert-OH is 1. The molecule has 0 atom stereocenters. The quantitative estimate of drug-likeness (QED) is 0.0479. The third-order valence-corrected chi connectivity index (χ3v) is 13.0. The van der Waals surface area contributed by atoms with E-state index >= 15 is 0 Å². The van der Waals surface area contributed by atoms with E-state index in [1.807, 2.05) is 0 Å². The second-order valence-electron chi connectivity index (χ2n) is 19.9. The Bertz CT molecular complexity index is 553. The zero-order valence-corrected chi connectivity index (χ0v) is 49.0. The van der Waals surface area contributed by atoms with E-state index in [1.165, 1.54) is 308 Å². The smallest absolute Gasteiger partial charge is 0.662 e. The first-order valence-electron chi connectivity index (χ1n) is 30.6. The van der Waals surface area contributed by atoms with Gasteiger partial charge in [0.05, 0.1) is 0 Å². The molecule has 0 amide bonds. The summed E-state index contributed by atoms with van der Waals surface area (Å²) in [7, 11) is 1.00. The van der Waals surface area contributed by atoms with Gasteiger partial charge in [-0.1, -0.05) is 350 Å². The first kappa shape index (κ1) is 75.5. The van der Waals surface area contributed by atoms with E-state index in [-0.39, 0.29) is 21.7 Å². The van der Waals surface area contributed by atoms with Crippen LogP contribution in [0.4, 0.5) is 0 Å². The van der Waals surface area contributed by atoms with E-state index in [9.17, 15) is 0 Å². The van der Waals surface area contributed by atoms with Crippen LogP contribution in [0.5, 0.6) is 0 Å². The van der Waals surface area contributed by atoms with Crippen LogP contribution in [-0.2, 0) is 21.7 Å². The molecule has 5 heteroatoms. The van der Waals surface area contributed by atoms with Crippen molar-refractivity contribution in [2.75, 3.05) is 46.4 Å². The summed E-state index contributed by atoms with van der Waals surface area (Å²) in [4.78, 5) is 0. The summed E-state index contributed by atoms with van der Waals surface area (Å²) in [6.45, 7) is 20.4. The molecule has 0 unspecified atom stereocenters. The van der Waals surface area contributed by atoms with Crippen LogP contribution in [0, 0.1) is 0 Å². The van der Waals surface area contributed by atoms with Crippen molar-refractivity contribution in [2.45, 2.75) is 350 Å². The normalized spacial score (nSPS) is 10.7. The molecule has 399 valence electrons. The van der Waals surface area contributed by atoms with Crippen molar-refractivity contribution >= 4 is 0 Å². The van der Waals surface area contributed by atoms with Crippen molar-refractivity contribution in [1.29, 1.82) is 0 Å². The molecule has 0 aromatic carbocycles. The van der Waals surface area contributed by atoms with Crippen molar-refractivity contribution < 1.29 is 26.8 Å². The molecule has 0 spiro atoms. The first-order valence-corrected chi connectivity index (χ1v) is 30.6. The van der Waals surface area contributed by atoms with Gasteiger partial charge in [-0.2, -0.15) is 0 Å². The van der Waals surface area contributed by atoms with Crippen molar-refractivity contribution in [2.24, 2.45) is 0 Å². The maximum atomic E-state index is 7.00. The number of hydrogen-bond acceptors (Lipinski definition) is 1. The largest absolute Gasteiger partial charge is 3.00 e. The van der Waals surface area contributed by atoms with Crippen LogP contribution in [0.25, 0.3) is 16.0 Å². The third kappa shape index (κ3) is 87.6. The van der Waals surface area contributed by atoms with Crippen LogP contribution < -0.4 is 0 Å². The van der Waals surface area contributed by atoms with Gasteiger partial charge in [-0.25, -0.2) is 0 Å². The van der Waals surface area contributed by atoms with Gasteiger partial charge in [-0.3, -0.25) is 0 Å². The molecule has 1 radical (unpaired) electrons. The minimum Gasteiger partial charge on any atom is -0.662 e. The Labute approximate surface area is 436 Å². The average molecular weight is 970 g/mol. The number of rotatable bonds is 54. The molecule has 0 aromatic heterocycles. The Morgan fingerprint density at radius 2 is 0.258 bits per heavy atom. The topological polar surface area (TPSA) is 62.5 Å².